The number of aromatic amines is 1. The molecular weight excluding hydrogens is 623 g/mol. The van der Waals surface area contributed by atoms with Crippen molar-refractivity contribution in [2.24, 2.45) is 0 Å². The van der Waals surface area contributed by atoms with Gasteiger partial charge in [0.25, 0.3) is 11.8 Å². The van der Waals surface area contributed by atoms with Crippen molar-refractivity contribution in [2.75, 3.05) is 91.3 Å². The summed E-state index contributed by atoms with van der Waals surface area (Å²) in [5.74, 6) is -1.36. The number of amides is 4. The largest absolute Gasteiger partial charge is 0.433 e. The summed E-state index contributed by atoms with van der Waals surface area (Å²) in [5.41, 5.74) is 3.08. The number of aromatic nitrogens is 1. The lowest BCUT2D eigenvalue weighted by Crippen LogP contribution is -2.50. The molecule has 2 N–H and O–H groups in total. The Morgan fingerprint density at radius 3 is 2.44 bits per heavy atom. The fraction of sp³-hybridized carbons (Fsp3) is 0.529. The predicted octanol–water partition coefficient (Wildman–Crippen LogP) is 3.34. The van der Waals surface area contributed by atoms with Crippen LogP contribution in [0.2, 0.25) is 0 Å². The number of piperazine rings is 1. The van der Waals surface area contributed by atoms with Crippen LogP contribution in [0.25, 0.3) is 11.6 Å². The van der Waals surface area contributed by atoms with Gasteiger partial charge in [0.2, 0.25) is 5.91 Å². The van der Waals surface area contributed by atoms with Gasteiger partial charge in [-0.2, -0.15) is 0 Å². The number of ether oxygens (including phenoxy) is 3. The van der Waals surface area contributed by atoms with E-state index >= 15 is 0 Å². The number of H-pyrrole nitrogens is 1. The smallest absolute Gasteiger partial charge is 0.418 e. The zero-order chi connectivity index (χ0) is 34.8. The van der Waals surface area contributed by atoms with Gasteiger partial charge in [0.05, 0.1) is 37.4 Å². The summed E-state index contributed by atoms with van der Waals surface area (Å²) in [6, 6.07) is 4.07. The second-order valence-electron chi connectivity index (χ2n) is 11.7. The number of rotatable bonds is 15. The molecule has 262 valence electrons. The van der Waals surface area contributed by atoms with E-state index in [-0.39, 0.29) is 37.1 Å². The number of halogens is 1. The second kappa shape index (κ2) is 17.3. The number of nitrogens with zero attached hydrogens (tertiary/aromatic N) is 4. The molecule has 48 heavy (non-hydrogen) atoms. The zero-order valence-electron chi connectivity index (χ0n) is 28.5. The molecule has 1 fully saturated rings. The lowest BCUT2D eigenvalue weighted by atomic mass is 10.0. The van der Waals surface area contributed by atoms with Crippen molar-refractivity contribution in [1.29, 1.82) is 0 Å². The van der Waals surface area contributed by atoms with E-state index in [9.17, 15) is 23.6 Å². The van der Waals surface area contributed by atoms with Crippen LogP contribution in [-0.4, -0.2) is 134 Å². The third-order valence-electron chi connectivity index (χ3n) is 8.73. The lowest BCUT2D eigenvalue weighted by molar-refractivity contribution is -0.134. The molecule has 13 nitrogen and oxygen atoms in total. The van der Waals surface area contributed by atoms with Gasteiger partial charge in [-0.3, -0.25) is 19.3 Å². The summed E-state index contributed by atoms with van der Waals surface area (Å²) in [5, 5.41) is 2.73. The number of imide groups is 1. The zero-order valence-corrected chi connectivity index (χ0v) is 28.5. The van der Waals surface area contributed by atoms with E-state index in [4.69, 9.17) is 14.2 Å². The molecule has 0 unspecified atom stereocenters. The summed E-state index contributed by atoms with van der Waals surface area (Å²) in [4.78, 5) is 62.9. The Morgan fingerprint density at radius 2 is 1.75 bits per heavy atom. The molecule has 0 saturated carbocycles. The average molecular weight is 671 g/mol. The summed E-state index contributed by atoms with van der Waals surface area (Å²) >= 11 is 0. The van der Waals surface area contributed by atoms with Gasteiger partial charge >= 0.3 is 6.09 Å². The Labute approximate surface area is 280 Å². The first-order chi connectivity index (χ1) is 23.1. The molecule has 2 aliphatic rings. The molecule has 0 radical (unpaired) electrons. The summed E-state index contributed by atoms with van der Waals surface area (Å²) in [6.07, 6.45) is 1.12. The maximum atomic E-state index is 14.1. The fourth-order valence-corrected chi connectivity index (χ4v) is 5.79. The number of aryl methyl sites for hydroxylation is 1. The van der Waals surface area contributed by atoms with Crippen molar-refractivity contribution in [1.82, 2.24) is 24.6 Å². The molecule has 4 amide bonds. The number of methoxy groups -OCH3 is 1. The van der Waals surface area contributed by atoms with Gasteiger partial charge in [-0.25, -0.2) is 14.1 Å². The van der Waals surface area contributed by atoms with E-state index in [2.05, 4.69) is 15.2 Å². The van der Waals surface area contributed by atoms with Crippen LogP contribution in [-0.2, 0) is 23.8 Å². The SMILES string of the molecule is CCN(CC)CCN(C(=O)OCN1CCN(C(=O)CCOCCOC)CC1)C(=O)c1c(C)[nH]c(/C=C2\C(=O)Nc3ccc(F)cc32)c1C. The molecule has 1 saturated heterocycles. The Kier molecular flexibility index (Phi) is 13.3. The molecule has 2 aromatic rings. The summed E-state index contributed by atoms with van der Waals surface area (Å²) in [6.45, 7) is 12.8. The average Bonchev–Trinajstić information content (AvgIpc) is 3.54. The molecule has 2 aliphatic heterocycles. The van der Waals surface area contributed by atoms with Crippen molar-refractivity contribution >= 4 is 41.2 Å². The van der Waals surface area contributed by atoms with Crippen molar-refractivity contribution in [3.05, 3.63) is 52.1 Å². The van der Waals surface area contributed by atoms with E-state index in [1.807, 2.05) is 18.7 Å². The Hall–Kier alpha value is -4.11. The van der Waals surface area contributed by atoms with E-state index in [0.717, 1.165) is 18.0 Å². The Bertz CT molecular complexity index is 1500. The topological polar surface area (TPSA) is 137 Å². The van der Waals surface area contributed by atoms with E-state index in [1.165, 1.54) is 18.2 Å². The van der Waals surface area contributed by atoms with E-state index in [1.54, 1.807) is 31.9 Å². The summed E-state index contributed by atoms with van der Waals surface area (Å²) < 4.78 is 30.0. The molecule has 14 heteroatoms. The Balaban J connectivity index is 1.43. The minimum Gasteiger partial charge on any atom is -0.433 e. The third kappa shape index (κ3) is 9.07. The highest BCUT2D eigenvalue weighted by atomic mass is 19.1. The van der Waals surface area contributed by atoms with Gasteiger partial charge in [0, 0.05) is 69.0 Å². The van der Waals surface area contributed by atoms with Crippen molar-refractivity contribution < 1.29 is 37.8 Å². The van der Waals surface area contributed by atoms with Gasteiger partial charge in [-0.05, 0) is 56.8 Å². The minimum atomic E-state index is -0.765. The highest BCUT2D eigenvalue weighted by molar-refractivity contribution is 6.35. The monoisotopic (exact) mass is 670 g/mol. The third-order valence-corrected chi connectivity index (χ3v) is 8.73. The number of carbonyl (C=O) groups is 4. The molecule has 0 aliphatic carbocycles. The van der Waals surface area contributed by atoms with Crippen LogP contribution in [0.5, 0.6) is 0 Å². The maximum Gasteiger partial charge on any atom is 0.418 e. The van der Waals surface area contributed by atoms with Crippen LogP contribution in [0.3, 0.4) is 0 Å². The van der Waals surface area contributed by atoms with Crippen molar-refractivity contribution in [2.45, 2.75) is 34.1 Å². The standard InChI is InChI=1S/C34H47FN6O7/c1-6-38(7-2)13-16-41(34(45)48-22-39-11-14-40(15-12-39)30(42)10-17-47-19-18-46-5)33(44)31-23(3)29(36-24(31)4)21-27-26-20-25(35)8-9-28(26)37-32(27)43/h8-9,20-21,36H,6-7,10-19,22H2,1-5H3,(H,37,43)/b27-21-. The Morgan fingerprint density at radius 1 is 1.02 bits per heavy atom. The van der Waals surface area contributed by atoms with Crippen LogP contribution < -0.4 is 5.32 Å². The number of hydrogen-bond acceptors (Lipinski definition) is 9. The van der Waals surface area contributed by atoms with E-state index < -0.39 is 17.8 Å². The van der Waals surface area contributed by atoms with Crippen LogP contribution >= 0.6 is 0 Å². The highest BCUT2D eigenvalue weighted by Crippen LogP contribution is 2.34. The number of carbonyl (C=O) groups excluding carboxylic acids is 4. The molecule has 4 rings (SSSR count). The molecule has 0 spiro atoms. The number of hydrogen-bond donors (Lipinski definition) is 2. The van der Waals surface area contributed by atoms with Crippen LogP contribution in [0, 0.1) is 19.7 Å². The molecular formula is C34H47FN6O7. The second-order valence-corrected chi connectivity index (χ2v) is 11.7. The number of nitrogens with one attached hydrogen (secondary N) is 2. The van der Waals surface area contributed by atoms with Crippen LogP contribution in [0.4, 0.5) is 14.9 Å². The number of anilines is 1. The molecule has 0 bridgehead atoms. The van der Waals surface area contributed by atoms with Gasteiger partial charge in [-0.1, -0.05) is 13.8 Å². The molecule has 0 atom stereocenters. The number of likely N-dealkylation sites (N-methyl/N-ethyl adjacent to an activating group) is 1. The quantitative estimate of drug-likeness (QED) is 0.216. The summed E-state index contributed by atoms with van der Waals surface area (Å²) in [7, 11) is 1.59. The fourth-order valence-electron chi connectivity index (χ4n) is 5.79. The van der Waals surface area contributed by atoms with Crippen molar-refractivity contribution in [3.8, 4) is 0 Å². The van der Waals surface area contributed by atoms with Gasteiger partial charge in [-0.15, -0.1) is 0 Å². The maximum absolute atomic E-state index is 14.1. The molecule has 1 aromatic heterocycles. The van der Waals surface area contributed by atoms with Crippen LogP contribution in [0.15, 0.2) is 18.2 Å². The van der Waals surface area contributed by atoms with Gasteiger partial charge in [0.1, 0.15) is 12.5 Å². The molecule has 1 aromatic carbocycles. The normalized spacial score (nSPS) is 15.6. The lowest BCUT2D eigenvalue weighted by Gasteiger charge is -2.34. The predicted molar refractivity (Wildman–Crippen MR) is 179 cm³/mol. The van der Waals surface area contributed by atoms with Crippen LogP contribution in [0.1, 0.15) is 53.1 Å². The van der Waals surface area contributed by atoms with E-state index in [0.29, 0.717) is 86.3 Å². The minimum absolute atomic E-state index is 0.00873. The highest BCUT2D eigenvalue weighted by Gasteiger charge is 2.31. The first-order valence-electron chi connectivity index (χ1n) is 16.4. The van der Waals surface area contributed by atoms with Crippen molar-refractivity contribution in [3.63, 3.8) is 0 Å². The number of benzene rings is 1. The van der Waals surface area contributed by atoms with Gasteiger partial charge in [0.15, 0.2) is 0 Å². The number of fused-ring (bicyclic) bond motifs is 1. The first-order valence-corrected chi connectivity index (χ1v) is 16.4. The molecule has 3 heterocycles. The first kappa shape index (κ1) is 36.7. The van der Waals surface area contributed by atoms with Gasteiger partial charge < -0.3 is 34.3 Å².